The number of amides is 1. The number of aliphatic hydroxyl groups excluding tert-OH is 1. The van der Waals surface area contributed by atoms with Crippen LogP contribution >= 0.6 is 27.2 Å². The molecule has 1 aromatic carbocycles. The quantitative estimate of drug-likeness (QED) is 0.0342. The highest BCUT2D eigenvalue weighted by Crippen LogP contribution is 2.51. The van der Waals surface area contributed by atoms with E-state index in [-0.39, 0.29) is 48.0 Å². The van der Waals surface area contributed by atoms with Crippen molar-refractivity contribution in [1.29, 1.82) is 0 Å². The Labute approximate surface area is 384 Å². The van der Waals surface area contributed by atoms with E-state index in [9.17, 15) is 43.3 Å². The maximum Gasteiger partial charge on any atom is 0.472 e. The minimum atomic E-state index is -5.45. The van der Waals surface area contributed by atoms with Crippen LogP contribution in [0.25, 0.3) is 11.2 Å². The number of hydrogen-bond acceptors (Lipinski definition) is 21. The van der Waals surface area contributed by atoms with Crippen LogP contribution in [0.15, 0.2) is 66.6 Å². The molecule has 3 saturated heterocycles. The number of hydrogen-bond donors (Lipinski definition) is 7. The monoisotopic (exact) mass is 1000 g/mol. The Morgan fingerprint density at radius 1 is 1.03 bits per heavy atom. The Morgan fingerprint density at radius 2 is 1.79 bits per heavy atom. The molecule has 4 aromatic rings. The smallest absolute Gasteiger partial charge is 0.472 e. The number of fused-ring (bicyclic) bond motifs is 1. The number of ether oxygens (including phenoxy) is 6. The second kappa shape index (κ2) is 21.6. The van der Waals surface area contributed by atoms with Gasteiger partial charge in [0.2, 0.25) is 5.91 Å². The van der Waals surface area contributed by atoms with Crippen LogP contribution in [0.4, 0.5) is 11.6 Å². The van der Waals surface area contributed by atoms with Crippen LogP contribution in [0.2, 0.25) is 5.02 Å². The summed E-state index contributed by atoms with van der Waals surface area (Å²) in [4.78, 5) is 86.3. The van der Waals surface area contributed by atoms with Crippen molar-refractivity contribution >= 4 is 61.9 Å². The van der Waals surface area contributed by atoms with Crippen molar-refractivity contribution in [3.05, 3.63) is 77.3 Å². The Morgan fingerprint density at radius 3 is 2.51 bits per heavy atom. The number of aliphatic hydroxyl groups is 1. The van der Waals surface area contributed by atoms with Crippen molar-refractivity contribution in [3.8, 4) is 5.75 Å². The van der Waals surface area contributed by atoms with Crippen LogP contribution in [-0.2, 0) is 56.0 Å². The average molecular weight is 1000 g/mol. The normalized spacial score (nSPS) is 26.6. The molecule has 364 valence electrons. The number of nitrogens with zero attached hydrogens (tertiary/aromatic N) is 6. The molecule has 27 nitrogen and oxygen atoms in total. The number of phosphoric ester groups is 2. The fourth-order valence-electron chi connectivity index (χ4n) is 7.22. The number of rotatable bonds is 21. The van der Waals surface area contributed by atoms with Crippen LogP contribution in [0.1, 0.15) is 38.1 Å². The molecule has 0 aliphatic carbocycles. The van der Waals surface area contributed by atoms with Crippen molar-refractivity contribution in [2.75, 3.05) is 37.9 Å². The van der Waals surface area contributed by atoms with Gasteiger partial charge in [0, 0.05) is 30.7 Å². The molecule has 0 spiro atoms. The zero-order valence-electron chi connectivity index (χ0n) is 34.9. The van der Waals surface area contributed by atoms with Crippen molar-refractivity contribution in [2.45, 2.75) is 87.1 Å². The average Bonchev–Trinajstić information content (AvgIpc) is 4.08. The fourth-order valence-corrected chi connectivity index (χ4v) is 8.70. The molecule has 3 aliphatic heterocycles. The highest BCUT2D eigenvalue weighted by molar-refractivity contribution is 7.47. The lowest BCUT2D eigenvalue weighted by molar-refractivity contribution is -0.181. The van der Waals surface area contributed by atoms with Gasteiger partial charge < -0.3 is 65.0 Å². The molecule has 11 atom stereocenters. The summed E-state index contributed by atoms with van der Waals surface area (Å²) >= 11 is 6.10. The van der Waals surface area contributed by atoms with Gasteiger partial charge in [-0.05, 0) is 37.1 Å². The van der Waals surface area contributed by atoms with Crippen molar-refractivity contribution in [1.82, 2.24) is 34.4 Å². The van der Waals surface area contributed by atoms with Gasteiger partial charge in [0.15, 0.2) is 42.4 Å². The lowest BCUT2D eigenvalue weighted by Gasteiger charge is -2.29. The summed E-state index contributed by atoms with van der Waals surface area (Å²) in [6, 6.07) is 5.94. The number of carbonyl (C=O) groups is 2. The lowest BCUT2D eigenvalue weighted by Crippen LogP contribution is -2.49. The maximum atomic E-state index is 14.0. The number of esters is 1. The van der Waals surface area contributed by atoms with Crippen molar-refractivity contribution in [3.63, 3.8) is 0 Å². The van der Waals surface area contributed by atoms with E-state index in [2.05, 4.69) is 36.4 Å². The van der Waals surface area contributed by atoms with Crippen LogP contribution in [-0.4, -0.2) is 136 Å². The highest BCUT2D eigenvalue weighted by atomic mass is 35.5. The molecule has 67 heavy (non-hydrogen) atoms. The highest BCUT2D eigenvalue weighted by Gasteiger charge is 2.54. The molecule has 30 heteroatoms. The number of nitrogens with one attached hydrogen (secondary N) is 1. The summed E-state index contributed by atoms with van der Waals surface area (Å²) in [6.07, 6.45) is -8.00. The topological polar surface area (TPSA) is 375 Å². The predicted molar refractivity (Wildman–Crippen MR) is 227 cm³/mol. The molecule has 0 saturated carbocycles. The predicted octanol–water partition coefficient (Wildman–Crippen LogP) is 0.632. The Balaban J connectivity index is 1.16. The van der Waals surface area contributed by atoms with E-state index in [0.717, 1.165) is 10.9 Å². The van der Waals surface area contributed by atoms with Gasteiger partial charge in [0.1, 0.15) is 60.5 Å². The number of anilines is 2. The van der Waals surface area contributed by atoms with Crippen LogP contribution in [0, 0.1) is 0 Å². The van der Waals surface area contributed by atoms with Gasteiger partial charge in [-0.25, -0.2) is 33.7 Å². The van der Waals surface area contributed by atoms with E-state index < -0.39 is 114 Å². The minimum absolute atomic E-state index is 0.0193. The first-order valence-electron chi connectivity index (χ1n) is 20.3. The number of imidazole rings is 1. The number of halogens is 1. The summed E-state index contributed by atoms with van der Waals surface area (Å²) in [7, 11) is -10.6. The van der Waals surface area contributed by atoms with Crippen molar-refractivity contribution < 1.29 is 80.5 Å². The van der Waals surface area contributed by atoms with E-state index in [1.165, 1.54) is 35.3 Å². The third kappa shape index (κ3) is 12.6. The first kappa shape index (κ1) is 49.9. The van der Waals surface area contributed by atoms with Gasteiger partial charge in [0.25, 0.3) is 0 Å². The first-order valence-corrected chi connectivity index (χ1v) is 23.7. The number of nitrogen functional groups attached to an aromatic ring is 2. The zero-order chi connectivity index (χ0) is 48.0. The Kier molecular flexibility index (Phi) is 16.1. The number of nitrogens with two attached hydrogens (primary N) is 2. The lowest BCUT2D eigenvalue weighted by atomic mass is 10.1. The van der Waals surface area contributed by atoms with Gasteiger partial charge in [-0.2, -0.15) is 4.98 Å². The molecule has 3 unspecified atom stereocenters. The van der Waals surface area contributed by atoms with Crippen LogP contribution < -0.4 is 27.2 Å². The van der Waals surface area contributed by atoms with E-state index in [1.807, 2.05) is 0 Å². The molecular weight excluding hydrogens is 956 g/mol. The molecule has 0 radical (unpaired) electrons. The molecular formula is C37H46ClN9O18P2. The summed E-state index contributed by atoms with van der Waals surface area (Å²) in [5.41, 5.74) is 10.9. The standard InChI is InChI=1S/C37H46ClN9O18P2/c1-2-3-8-25(48)44-21(14-58-20-7-4-6-19(38)13-20)36(50)64-29-22(61-34(28(29)49)47-18-43-27-32(40)41-17-42-33(27)47)16-60-67(55,56)65-30-23(15-59-66(52,53)54)62-35(31(30)63-26-9-5-12-57-26)46-11-10-24(39)45-37(46)51/h2,4,6-7,10-11,13,17-18,21-23,26,28-31,34-35,49H,1,3,5,8-9,12,14-16H2,(H,44,48)(H,55,56)(H2,39,45,51)(H2,40,41,42)(H2,52,53,54)/t21?,22-,23-,26?,28-,29-,30-,31-,34-,35-/m1/s1. The largest absolute Gasteiger partial charge is 0.491 e. The number of phosphoric acid groups is 2. The Hall–Kier alpha value is -4.96. The van der Waals surface area contributed by atoms with E-state index >= 15 is 0 Å². The van der Waals surface area contributed by atoms with E-state index in [4.69, 9.17) is 60.5 Å². The second-order valence-electron chi connectivity index (χ2n) is 15.0. The summed E-state index contributed by atoms with van der Waals surface area (Å²) in [6.45, 7) is 1.44. The Bertz CT molecular complexity index is 2560. The molecule has 7 rings (SSSR count). The first-order chi connectivity index (χ1) is 31.9. The van der Waals surface area contributed by atoms with Gasteiger partial charge in [-0.1, -0.05) is 23.7 Å². The van der Waals surface area contributed by atoms with Gasteiger partial charge in [-0.15, -0.1) is 6.58 Å². The summed E-state index contributed by atoms with van der Waals surface area (Å²) < 4.78 is 79.0. The maximum absolute atomic E-state index is 14.0. The zero-order valence-corrected chi connectivity index (χ0v) is 37.5. The molecule has 3 aliphatic rings. The number of allylic oxidation sites excluding steroid dienone is 1. The third-order valence-corrected chi connectivity index (χ3v) is 12.0. The number of aromatic nitrogens is 6. The minimum Gasteiger partial charge on any atom is -0.491 e. The molecule has 3 aromatic heterocycles. The van der Waals surface area contributed by atoms with Crippen LogP contribution in [0.5, 0.6) is 5.75 Å². The molecule has 0 bridgehead atoms. The second-order valence-corrected chi connectivity index (χ2v) is 18.1. The molecule has 9 N–H and O–H groups in total. The molecule has 1 amide bonds. The number of carbonyl (C=O) groups excluding carboxylic acids is 2. The SMILES string of the molecule is C=CCCC(=O)NC(COc1cccc(Cl)c1)C(=O)O[C@H]1[C@@H](O)[C@H](n2cnc3c(N)ncnc32)O[C@@H]1COP(=O)(O)O[C@H]1[C@@H](OC2CCCO2)[C@H](n2ccc(N)nc2=O)O[C@@H]1COP(=O)(O)O. The number of benzene rings is 1. The van der Waals surface area contributed by atoms with Gasteiger partial charge >= 0.3 is 27.3 Å². The van der Waals surface area contributed by atoms with Crippen molar-refractivity contribution in [2.24, 2.45) is 0 Å². The summed E-state index contributed by atoms with van der Waals surface area (Å²) in [5.74, 6) is -1.66. The summed E-state index contributed by atoms with van der Waals surface area (Å²) in [5, 5.41) is 14.7. The van der Waals surface area contributed by atoms with Crippen LogP contribution in [0.3, 0.4) is 0 Å². The molecule has 3 fully saturated rings. The van der Waals surface area contributed by atoms with Gasteiger partial charge in [0.05, 0.1) is 19.5 Å². The van der Waals surface area contributed by atoms with E-state index in [0.29, 0.717) is 17.9 Å². The van der Waals surface area contributed by atoms with E-state index in [1.54, 1.807) is 18.2 Å². The third-order valence-electron chi connectivity index (χ3n) is 10.3. The van der Waals surface area contributed by atoms with Gasteiger partial charge in [-0.3, -0.25) is 27.5 Å². The fraction of sp³-hybridized carbons (Fsp3) is 0.486. The molecule has 6 heterocycles.